The van der Waals surface area contributed by atoms with Crippen molar-refractivity contribution in [3.63, 3.8) is 0 Å². The molecule has 1 aromatic heterocycles. The predicted octanol–water partition coefficient (Wildman–Crippen LogP) is 1.71. The highest BCUT2D eigenvalue weighted by molar-refractivity contribution is 7.98. The van der Waals surface area contributed by atoms with Crippen molar-refractivity contribution in [3.05, 3.63) is 24.0 Å². The minimum Gasteiger partial charge on any atom is -0.388 e. The Labute approximate surface area is 102 Å². The normalized spacial score (nSPS) is 15.0. The lowest BCUT2D eigenvalue weighted by molar-refractivity contribution is 0.0844. The molecule has 1 rings (SSSR count). The average Bonchev–Trinajstić information content (AvgIpc) is 2.64. The van der Waals surface area contributed by atoms with Gasteiger partial charge in [0.15, 0.2) is 0 Å². The molecular formula is C12H22N2OS. The maximum Gasteiger partial charge on any atom is 0.0833 e. The molecule has 16 heavy (non-hydrogen) atoms. The van der Waals surface area contributed by atoms with Crippen LogP contribution in [0.1, 0.15) is 19.5 Å². The van der Waals surface area contributed by atoms with Gasteiger partial charge < -0.3 is 15.0 Å². The third-order valence-electron chi connectivity index (χ3n) is 2.53. The van der Waals surface area contributed by atoms with Gasteiger partial charge in [0.1, 0.15) is 0 Å². The number of rotatable bonds is 7. The van der Waals surface area contributed by atoms with Gasteiger partial charge in [-0.15, -0.1) is 0 Å². The summed E-state index contributed by atoms with van der Waals surface area (Å²) in [5.74, 6) is 0.759. The molecule has 0 aliphatic heterocycles. The van der Waals surface area contributed by atoms with Crippen molar-refractivity contribution in [1.29, 1.82) is 0 Å². The third kappa shape index (κ3) is 4.20. The van der Waals surface area contributed by atoms with Crippen LogP contribution in [0, 0.1) is 0 Å². The van der Waals surface area contributed by atoms with Crippen LogP contribution in [0.25, 0.3) is 0 Å². The second-order valence-electron chi connectivity index (χ2n) is 4.32. The number of thioether (sulfide) groups is 1. The molecule has 1 unspecified atom stereocenters. The second kappa shape index (κ2) is 6.33. The lowest BCUT2D eigenvalue weighted by Crippen LogP contribution is -2.39. The zero-order valence-corrected chi connectivity index (χ0v) is 11.2. The number of aryl methyl sites for hydroxylation is 1. The number of aromatic nitrogens is 1. The van der Waals surface area contributed by atoms with E-state index in [2.05, 4.69) is 35.1 Å². The van der Waals surface area contributed by atoms with Gasteiger partial charge in [0.25, 0.3) is 0 Å². The fourth-order valence-corrected chi connectivity index (χ4v) is 2.46. The molecule has 2 N–H and O–H groups in total. The van der Waals surface area contributed by atoms with E-state index < -0.39 is 5.60 Å². The zero-order chi connectivity index (χ0) is 12.0. The molecule has 1 heterocycles. The van der Waals surface area contributed by atoms with Gasteiger partial charge in [-0.25, -0.2) is 0 Å². The summed E-state index contributed by atoms with van der Waals surface area (Å²) in [6.45, 7) is 6.43. The molecule has 0 aliphatic rings. The van der Waals surface area contributed by atoms with E-state index >= 15 is 0 Å². The Morgan fingerprint density at radius 2 is 2.31 bits per heavy atom. The van der Waals surface area contributed by atoms with E-state index in [0.29, 0.717) is 6.54 Å². The zero-order valence-electron chi connectivity index (χ0n) is 10.4. The number of hydrogen-bond donors (Lipinski definition) is 2. The number of nitrogens with one attached hydrogen (secondary N) is 1. The minimum atomic E-state index is -0.622. The maximum absolute atomic E-state index is 9.98. The van der Waals surface area contributed by atoms with Gasteiger partial charge in [0.05, 0.1) is 5.60 Å². The smallest absolute Gasteiger partial charge is 0.0833 e. The van der Waals surface area contributed by atoms with E-state index in [0.717, 1.165) is 18.8 Å². The van der Waals surface area contributed by atoms with Crippen molar-refractivity contribution in [2.45, 2.75) is 32.5 Å². The van der Waals surface area contributed by atoms with Crippen LogP contribution in [0.3, 0.4) is 0 Å². The molecule has 0 amide bonds. The Morgan fingerprint density at radius 1 is 1.56 bits per heavy atom. The summed E-state index contributed by atoms with van der Waals surface area (Å²) in [6, 6.07) is 4.17. The van der Waals surface area contributed by atoms with Gasteiger partial charge in [-0.3, -0.25) is 0 Å². The van der Waals surface area contributed by atoms with Crippen LogP contribution in [0.2, 0.25) is 0 Å². The molecule has 0 aliphatic carbocycles. The Bertz CT molecular complexity index is 310. The van der Waals surface area contributed by atoms with Crippen molar-refractivity contribution in [1.82, 2.24) is 9.88 Å². The largest absolute Gasteiger partial charge is 0.388 e. The van der Waals surface area contributed by atoms with Crippen molar-refractivity contribution in [3.8, 4) is 0 Å². The quantitative estimate of drug-likeness (QED) is 0.764. The first kappa shape index (κ1) is 13.6. The molecule has 1 aromatic rings. The Hall–Kier alpha value is -0.450. The van der Waals surface area contributed by atoms with Gasteiger partial charge in [-0.1, -0.05) is 0 Å². The number of aliphatic hydroxyl groups is 1. The molecule has 3 nitrogen and oxygen atoms in total. The topological polar surface area (TPSA) is 37.2 Å². The summed E-state index contributed by atoms with van der Waals surface area (Å²) < 4.78 is 2.20. The first-order valence-electron chi connectivity index (χ1n) is 5.65. The van der Waals surface area contributed by atoms with Crippen LogP contribution in [-0.2, 0) is 13.1 Å². The molecule has 0 saturated heterocycles. The van der Waals surface area contributed by atoms with E-state index in [1.165, 1.54) is 5.69 Å². The fraction of sp³-hybridized carbons (Fsp3) is 0.667. The second-order valence-corrected chi connectivity index (χ2v) is 5.19. The molecule has 0 aromatic carbocycles. The monoisotopic (exact) mass is 242 g/mol. The molecular weight excluding hydrogens is 220 g/mol. The summed E-state index contributed by atoms with van der Waals surface area (Å²) in [4.78, 5) is 0. The van der Waals surface area contributed by atoms with Gasteiger partial charge in [0, 0.05) is 37.3 Å². The van der Waals surface area contributed by atoms with E-state index in [9.17, 15) is 5.11 Å². The van der Waals surface area contributed by atoms with Crippen LogP contribution in [0.4, 0.5) is 0 Å². The predicted molar refractivity (Wildman–Crippen MR) is 70.8 cm³/mol. The molecule has 92 valence electrons. The Balaban J connectivity index is 2.35. The van der Waals surface area contributed by atoms with Gasteiger partial charge in [0.2, 0.25) is 0 Å². The van der Waals surface area contributed by atoms with Gasteiger partial charge in [-0.2, -0.15) is 11.8 Å². The van der Waals surface area contributed by atoms with Gasteiger partial charge in [-0.05, 0) is 32.2 Å². The molecule has 0 fully saturated rings. The van der Waals surface area contributed by atoms with E-state index in [4.69, 9.17) is 0 Å². The first-order valence-corrected chi connectivity index (χ1v) is 7.04. The number of hydrogen-bond acceptors (Lipinski definition) is 3. The summed E-state index contributed by atoms with van der Waals surface area (Å²) in [6.07, 6.45) is 4.09. The van der Waals surface area contributed by atoms with Crippen LogP contribution >= 0.6 is 11.8 Å². The highest BCUT2D eigenvalue weighted by Gasteiger charge is 2.18. The average molecular weight is 242 g/mol. The molecule has 0 saturated carbocycles. The SMILES string of the molecule is CCn1cccc1CNCC(C)(O)CSC. The van der Waals surface area contributed by atoms with E-state index in [-0.39, 0.29) is 0 Å². The van der Waals surface area contributed by atoms with Crippen LogP contribution < -0.4 is 5.32 Å². The van der Waals surface area contributed by atoms with Crippen LogP contribution in [0.15, 0.2) is 18.3 Å². The van der Waals surface area contributed by atoms with Crippen molar-refractivity contribution >= 4 is 11.8 Å². The first-order chi connectivity index (χ1) is 7.59. The fourth-order valence-electron chi connectivity index (χ4n) is 1.74. The molecule has 0 bridgehead atoms. The van der Waals surface area contributed by atoms with Crippen LogP contribution in [-0.4, -0.2) is 33.8 Å². The molecule has 0 spiro atoms. The van der Waals surface area contributed by atoms with Crippen molar-refractivity contribution < 1.29 is 5.11 Å². The lowest BCUT2D eigenvalue weighted by Gasteiger charge is -2.22. The highest BCUT2D eigenvalue weighted by atomic mass is 32.2. The summed E-state index contributed by atoms with van der Waals surface area (Å²) in [5, 5.41) is 13.3. The Morgan fingerprint density at radius 3 is 2.94 bits per heavy atom. The molecule has 4 heteroatoms. The summed E-state index contributed by atoms with van der Waals surface area (Å²) >= 11 is 1.67. The number of nitrogens with zero attached hydrogens (tertiary/aromatic N) is 1. The highest BCUT2D eigenvalue weighted by Crippen LogP contribution is 2.09. The lowest BCUT2D eigenvalue weighted by atomic mass is 10.1. The molecule has 1 atom stereocenters. The van der Waals surface area contributed by atoms with E-state index in [1.807, 2.05) is 13.2 Å². The van der Waals surface area contributed by atoms with E-state index in [1.54, 1.807) is 11.8 Å². The standard InChI is InChI=1S/C12H22N2OS/c1-4-14-7-5-6-11(14)8-13-9-12(2,15)10-16-3/h5-7,13,15H,4,8-10H2,1-3H3. The van der Waals surface area contributed by atoms with Gasteiger partial charge >= 0.3 is 0 Å². The summed E-state index contributed by atoms with van der Waals surface area (Å²) in [7, 11) is 0. The molecule has 0 radical (unpaired) electrons. The maximum atomic E-state index is 9.98. The van der Waals surface area contributed by atoms with Crippen LogP contribution in [0.5, 0.6) is 0 Å². The minimum absolute atomic E-state index is 0.622. The van der Waals surface area contributed by atoms with Crippen molar-refractivity contribution in [2.75, 3.05) is 18.6 Å². The Kier molecular flexibility index (Phi) is 5.38. The third-order valence-corrected chi connectivity index (χ3v) is 3.44. The summed E-state index contributed by atoms with van der Waals surface area (Å²) in [5.41, 5.74) is 0.644. The van der Waals surface area contributed by atoms with Crippen molar-refractivity contribution in [2.24, 2.45) is 0 Å².